The highest BCUT2D eigenvalue weighted by Gasteiger charge is 2.38. The molecule has 1 saturated heterocycles. The molecule has 0 aromatic carbocycles. The number of carbonyl (C=O) groups excluding carboxylic acids is 2. The predicted octanol–water partition coefficient (Wildman–Crippen LogP) is 0.226. The van der Waals surface area contributed by atoms with Crippen molar-refractivity contribution in [3.05, 3.63) is 0 Å². The smallest absolute Gasteiger partial charge is 0.307 e. The Morgan fingerprint density at radius 3 is 2.53 bits per heavy atom. The second-order valence-electron chi connectivity index (χ2n) is 5.26. The zero-order valence-electron chi connectivity index (χ0n) is 10.9. The van der Waals surface area contributed by atoms with Crippen LogP contribution in [0.2, 0.25) is 0 Å². The van der Waals surface area contributed by atoms with Crippen LogP contribution in [0.1, 0.15) is 32.1 Å². The van der Waals surface area contributed by atoms with Crippen LogP contribution in [-0.4, -0.2) is 47.4 Å². The summed E-state index contributed by atoms with van der Waals surface area (Å²) in [5.74, 6) is -1.99. The first-order valence-corrected chi connectivity index (χ1v) is 6.88. The van der Waals surface area contributed by atoms with Crippen molar-refractivity contribution in [3.63, 3.8) is 0 Å². The van der Waals surface area contributed by atoms with E-state index < -0.39 is 17.8 Å². The van der Waals surface area contributed by atoms with Crippen molar-refractivity contribution in [2.24, 2.45) is 11.8 Å². The zero-order valence-corrected chi connectivity index (χ0v) is 10.9. The molecule has 6 nitrogen and oxygen atoms in total. The minimum absolute atomic E-state index is 0.0475. The Morgan fingerprint density at radius 2 is 1.84 bits per heavy atom. The van der Waals surface area contributed by atoms with Gasteiger partial charge >= 0.3 is 5.97 Å². The lowest BCUT2D eigenvalue weighted by atomic mass is 9.78. The second kappa shape index (κ2) is 6.04. The molecule has 2 atom stereocenters. The molecule has 0 spiro atoms. The van der Waals surface area contributed by atoms with E-state index in [0.717, 1.165) is 12.8 Å². The maximum absolute atomic E-state index is 12.5. The number of carboxylic acids is 1. The summed E-state index contributed by atoms with van der Waals surface area (Å²) in [5.41, 5.74) is 0. The summed E-state index contributed by atoms with van der Waals surface area (Å²) in [6.07, 6.45) is 3.31. The molecule has 1 saturated carbocycles. The van der Waals surface area contributed by atoms with Crippen LogP contribution in [0.4, 0.5) is 0 Å². The first kappa shape index (κ1) is 13.8. The van der Waals surface area contributed by atoms with Crippen LogP contribution < -0.4 is 5.32 Å². The highest BCUT2D eigenvalue weighted by atomic mass is 16.4. The van der Waals surface area contributed by atoms with Gasteiger partial charge in [0.2, 0.25) is 11.8 Å². The van der Waals surface area contributed by atoms with Gasteiger partial charge in [0.25, 0.3) is 0 Å². The molecule has 19 heavy (non-hydrogen) atoms. The summed E-state index contributed by atoms with van der Waals surface area (Å²) in [4.78, 5) is 36.6. The highest BCUT2D eigenvalue weighted by molar-refractivity contribution is 5.86. The fraction of sp³-hybridized carbons (Fsp3) is 0.769. The average molecular weight is 268 g/mol. The van der Waals surface area contributed by atoms with E-state index in [1.54, 1.807) is 4.90 Å². The Kier molecular flexibility index (Phi) is 4.39. The van der Waals surface area contributed by atoms with Crippen LogP contribution in [0.25, 0.3) is 0 Å². The Balaban J connectivity index is 2.04. The van der Waals surface area contributed by atoms with Gasteiger partial charge in [0, 0.05) is 26.1 Å². The van der Waals surface area contributed by atoms with Gasteiger partial charge in [-0.25, -0.2) is 0 Å². The van der Waals surface area contributed by atoms with Gasteiger partial charge < -0.3 is 15.3 Å². The van der Waals surface area contributed by atoms with Gasteiger partial charge in [-0.3, -0.25) is 14.4 Å². The number of nitrogens with one attached hydrogen (secondary N) is 1. The molecule has 6 heteroatoms. The number of aliphatic carboxylic acids is 1. The van der Waals surface area contributed by atoms with Gasteiger partial charge in [0.05, 0.1) is 11.8 Å². The molecule has 0 bridgehead atoms. The molecule has 2 fully saturated rings. The third-order valence-electron chi connectivity index (χ3n) is 4.02. The molecule has 106 valence electrons. The van der Waals surface area contributed by atoms with Crippen LogP contribution in [0.5, 0.6) is 0 Å². The lowest BCUT2D eigenvalue weighted by molar-refractivity contribution is -0.152. The Hall–Kier alpha value is -1.59. The summed E-state index contributed by atoms with van der Waals surface area (Å²) in [6.45, 7) is 1.33. The van der Waals surface area contributed by atoms with E-state index in [9.17, 15) is 19.5 Å². The summed E-state index contributed by atoms with van der Waals surface area (Å²) < 4.78 is 0. The normalized spacial score (nSPS) is 28.4. The van der Waals surface area contributed by atoms with Crippen molar-refractivity contribution in [3.8, 4) is 0 Å². The van der Waals surface area contributed by atoms with Gasteiger partial charge in [0.15, 0.2) is 0 Å². The molecule has 1 heterocycles. The SMILES string of the molecule is O=C1CCN(C(=O)C2CCCCC2C(=O)O)CCN1. The monoisotopic (exact) mass is 268 g/mol. The topological polar surface area (TPSA) is 86.7 Å². The van der Waals surface area contributed by atoms with E-state index in [0.29, 0.717) is 38.9 Å². The van der Waals surface area contributed by atoms with Crippen LogP contribution in [0.3, 0.4) is 0 Å². The van der Waals surface area contributed by atoms with Crippen molar-refractivity contribution >= 4 is 17.8 Å². The van der Waals surface area contributed by atoms with E-state index in [-0.39, 0.29) is 11.8 Å². The molecule has 2 N–H and O–H groups in total. The largest absolute Gasteiger partial charge is 0.481 e. The molecule has 0 aromatic heterocycles. The zero-order chi connectivity index (χ0) is 13.8. The summed E-state index contributed by atoms with van der Waals surface area (Å²) in [6, 6.07) is 0. The number of rotatable bonds is 2. The molecule has 1 aliphatic heterocycles. The highest BCUT2D eigenvalue weighted by Crippen LogP contribution is 2.31. The number of carbonyl (C=O) groups is 3. The van der Waals surface area contributed by atoms with E-state index >= 15 is 0 Å². The maximum atomic E-state index is 12.5. The predicted molar refractivity (Wildman–Crippen MR) is 67.3 cm³/mol. The van der Waals surface area contributed by atoms with Crippen LogP contribution in [0, 0.1) is 11.8 Å². The Morgan fingerprint density at radius 1 is 1.16 bits per heavy atom. The van der Waals surface area contributed by atoms with Crippen molar-refractivity contribution in [1.29, 1.82) is 0 Å². The van der Waals surface area contributed by atoms with Gasteiger partial charge in [-0.1, -0.05) is 12.8 Å². The molecule has 2 aliphatic rings. The number of hydrogen-bond donors (Lipinski definition) is 2. The minimum Gasteiger partial charge on any atom is -0.481 e. The molecule has 0 aromatic rings. The molecule has 2 rings (SSSR count). The van der Waals surface area contributed by atoms with Gasteiger partial charge in [-0.15, -0.1) is 0 Å². The van der Waals surface area contributed by atoms with Crippen molar-refractivity contribution in [2.75, 3.05) is 19.6 Å². The number of hydrogen-bond acceptors (Lipinski definition) is 3. The van der Waals surface area contributed by atoms with Gasteiger partial charge in [-0.2, -0.15) is 0 Å². The fourth-order valence-electron chi connectivity index (χ4n) is 2.94. The molecular formula is C13H20N2O4. The van der Waals surface area contributed by atoms with Crippen molar-refractivity contribution in [2.45, 2.75) is 32.1 Å². The van der Waals surface area contributed by atoms with E-state index in [1.807, 2.05) is 0 Å². The summed E-state index contributed by atoms with van der Waals surface area (Å²) >= 11 is 0. The van der Waals surface area contributed by atoms with E-state index in [4.69, 9.17) is 0 Å². The fourth-order valence-corrected chi connectivity index (χ4v) is 2.94. The third kappa shape index (κ3) is 3.24. The van der Waals surface area contributed by atoms with Crippen molar-refractivity contribution in [1.82, 2.24) is 10.2 Å². The number of nitrogens with zero attached hydrogens (tertiary/aromatic N) is 1. The summed E-state index contributed by atoms with van der Waals surface area (Å²) in [5, 5.41) is 11.9. The van der Waals surface area contributed by atoms with Gasteiger partial charge in [-0.05, 0) is 12.8 Å². The quantitative estimate of drug-likeness (QED) is 0.750. The van der Waals surface area contributed by atoms with E-state index in [2.05, 4.69) is 5.32 Å². The lowest BCUT2D eigenvalue weighted by Crippen LogP contribution is -2.43. The minimum atomic E-state index is -0.873. The standard InChI is InChI=1S/C13H20N2O4/c16-11-5-7-15(8-6-14-11)12(17)9-3-1-2-4-10(9)13(18)19/h9-10H,1-8H2,(H,14,16)(H,18,19). The molecule has 0 radical (unpaired) electrons. The average Bonchev–Trinajstić information content (AvgIpc) is 2.62. The maximum Gasteiger partial charge on any atom is 0.307 e. The molecule has 2 amide bonds. The lowest BCUT2D eigenvalue weighted by Gasteiger charge is -2.32. The number of carboxylic acid groups (broad SMARTS) is 1. The third-order valence-corrected chi connectivity index (χ3v) is 4.02. The first-order chi connectivity index (χ1) is 9.09. The van der Waals surface area contributed by atoms with Crippen molar-refractivity contribution < 1.29 is 19.5 Å². The molecule has 1 aliphatic carbocycles. The van der Waals surface area contributed by atoms with Gasteiger partial charge in [0.1, 0.15) is 0 Å². The first-order valence-electron chi connectivity index (χ1n) is 6.88. The second-order valence-corrected chi connectivity index (χ2v) is 5.26. The van der Waals surface area contributed by atoms with E-state index in [1.165, 1.54) is 0 Å². The summed E-state index contributed by atoms with van der Waals surface area (Å²) in [7, 11) is 0. The Labute approximate surface area is 112 Å². The van der Waals surface area contributed by atoms with Crippen LogP contribution in [-0.2, 0) is 14.4 Å². The van der Waals surface area contributed by atoms with Crippen LogP contribution >= 0.6 is 0 Å². The Bertz CT molecular complexity index is 383. The number of amides is 2. The molecular weight excluding hydrogens is 248 g/mol. The molecule has 2 unspecified atom stereocenters. The van der Waals surface area contributed by atoms with Crippen LogP contribution in [0.15, 0.2) is 0 Å².